The van der Waals surface area contributed by atoms with E-state index in [1.54, 1.807) is 0 Å². The summed E-state index contributed by atoms with van der Waals surface area (Å²) in [6, 6.07) is 10.6. The van der Waals surface area contributed by atoms with Crippen LogP contribution in [0.3, 0.4) is 0 Å². The van der Waals surface area contributed by atoms with Gasteiger partial charge in [-0.3, -0.25) is 9.58 Å². The fourth-order valence-electron chi connectivity index (χ4n) is 3.33. The molecule has 2 aromatic heterocycles. The molecule has 0 amide bonds. The van der Waals surface area contributed by atoms with Crippen molar-refractivity contribution in [3.8, 4) is 0 Å². The number of benzene rings is 1. The predicted octanol–water partition coefficient (Wildman–Crippen LogP) is 2.26. The summed E-state index contributed by atoms with van der Waals surface area (Å²) in [7, 11) is 0. The van der Waals surface area contributed by atoms with Crippen molar-refractivity contribution in [3.63, 3.8) is 0 Å². The molecule has 3 aromatic rings. The van der Waals surface area contributed by atoms with Crippen LogP contribution in [0.1, 0.15) is 23.4 Å². The minimum Gasteiger partial charge on any atom is -0.390 e. The highest BCUT2D eigenvalue weighted by Crippen LogP contribution is 2.21. The first kappa shape index (κ1) is 13.5. The molecule has 0 aliphatic carbocycles. The summed E-state index contributed by atoms with van der Waals surface area (Å²) in [5.74, 6) is 0. The van der Waals surface area contributed by atoms with Gasteiger partial charge in [-0.1, -0.05) is 12.1 Å². The maximum atomic E-state index is 9.26. The summed E-state index contributed by atoms with van der Waals surface area (Å²) in [4.78, 5) is 5.74. The van der Waals surface area contributed by atoms with E-state index in [1.165, 1.54) is 22.2 Å². The topological polar surface area (TPSA) is 57.1 Å². The maximum absolute atomic E-state index is 9.26. The molecule has 5 heteroatoms. The molecule has 0 saturated carbocycles. The Kier molecular flexibility index (Phi) is 3.44. The number of aromatic nitrogens is 3. The van der Waals surface area contributed by atoms with Gasteiger partial charge in [0, 0.05) is 43.3 Å². The van der Waals surface area contributed by atoms with Gasteiger partial charge in [-0.25, -0.2) is 0 Å². The molecule has 1 aliphatic rings. The van der Waals surface area contributed by atoms with Gasteiger partial charge in [-0.05, 0) is 30.2 Å². The SMILES string of the molecule is OCc1cc2n(n1)CCCN(Cc1cccc3[nH]ccc13)C2. The third-order valence-corrected chi connectivity index (χ3v) is 4.38. The zero-order valence-electron chi connectivity index (χ0n) is 12.5. The number of hydrogen-bond acceptors (Lipinski definition) is 3. The minimum absolute atomic E-state index is 0.0165. The summed E-state index contributed by atoms with van der Waals surface area (Å²) in [6.07, 6.45) is 3.09. The van der Waals surface area contributed by atoms with E-state index in [-0.39, 0.29) is 6.61 Å². The molecule has 0 bridgehead atoms. The Hall–Kier alpha value is -2.11. The Balaban J connectivity index is 1.59. The van der Waals surface area contributed by atoms with Crippen molar-refractivity contribution in [2.24, 2.45) is 0 Å². The second-order valence-electron chi connectivity index (χ2n) is 5.93. The average Bonchev–Trinajstić information content (AvgIpc) is 3.11. The molecule has 22 heavy (non-hydrogen) atoms. The van der Waals surface area contributed by atoms with Crippen molar-refractivity contribution in [1.82, 2.24) is 19.7 Å². The van der Waals surface area contributed by atoms with Crippen LogP contribution in [0.2, 0.25) is 0 Å². The lowest BCUT2D eigenvalue weighted by atomic mass is 10.1. The van der Waals surface area contributed by atoms with Crippen LogP contribution in [0.4, 0.5) is 0 Å². The first-order valence-corrected chi connectivity index (χ1v) is 7.77. The number of aliphatic hydroxyl groups is 1. The van der Waals surface area contributed by atoms with E-state index < -0.39 is 0 Å². The number of aryl methyl sites for hydroxylation is 1. The molecule has 0 fully saturated rings. The molecule has 1 aliphatic heterocycles. The smallest absolute Gasteiger partial charge is 0.0882 e. The Bertz CT molecular complexity index is 789. The van der Waals surface area contributed by atoms with Gasteiger partial charge in [0.2, 0.25) is 0 Å². The lowest BCUT2D eigenvalue weighted by Gasteiger charge is -2.20. The fraction of sp³-hybridized carbons (Fsp3) is 0.353. The normalized spacial score (nSPS) is 15.9. The van der Waals surface area contributed by atoms with Crippen molar-refractivity contribution in [2.45, 2.75) is 32.7 Å². The monoisotopic (exact) mass is 296 g/mol. The molecule has 0 saturated heterocycles. The molecule has 2 N–H and O–H groups in total. The highest BCUT2D eigenvalue weighted by molar-refractivity contribution is 5.82. The molecule has 114 valence electrons. The standard InChI is InChI=1S/C17H20N4O/c22-12-14-9-15-11-20(7-2-8-21(15)19-14)10-13-3-1-4-17-16(13)5-6-18-17/h1,3-6,9,18,22H,2,7-8,10-12H2. The van der Waals surface area contributed by atoms with Crippen molar-refractivity contribution >= 4 is 10.9 Å². The van der Waals surface area contributed by atoms with Crippen LogP contribution < -0.4 is 0 Å². The van der Waals surface area contributed by atoms with Crippen molar-refractivity contribution in [1.29, 1.82) is 0 Å². The lowest BCUT2D eigenvalue weighted by molar-refractivity contribution is 0.261. The fourth-order valence-corrected chi connectivity index (χ4v) is 3.33. The van der Waals surface area contributed by atoms with E-state index in [9.17, 15) is 5.11 Å². The minimum atomic E-state index is 0.0165. The quantitative estimate of drug-likeness (QED) is 0.779. The van der Waals surface area contributed by atoms with E-state index >= 15 is 0 Å². The van der Waals surface area contributed by atoms with Gasteiger partial charge < -0.3 is 10.1 Å². The number of hydrogen-bond donors (Lipinski definition) is 2. The molecule has 0 radical (unpaired) electrons. The van der Waals surface area contributed by atoms with Gasteiger partial charge in [0.1, 0.15) is 0 Å². The van der Waals surface area contributed by atoms with Crippen LogP contribution >= 0.6 is 0 Å². The van der Waals surface area contributed by atoms with Gasteiger partial charge in [0.15, 0.2) is 0 Å². The van der Waals surface area contributed by atoms with Crippen molar-refractivity contribution < 1.29 is 5.11 Å². The van der Waals surface area contributed by atoms with Gasteiger partial charge in [-0.15, -0.1) is 0 Å². The van der Waals surface area contributed by atoms with Gasteiger partial charge in [-0.2, -0.15) is 5.10 Å². The third-order valence-electron chi connectivity index (χ3n) is 4.38. The Labute approximate surface area is 129 Å². The highest BCUT2D eigenvalue weighted by atomic mass is 16.3. The second-order valence-corrected chi connectivity index (χ2v) is 5.93. The number of nitrogens with zero attached hydrogens (tertiary/aromatic N) is 3. The Morgan fingerprint density at radius 2 is 2.18 bits per heavy atom. The second kappa shape index (κ2) is 5.59. The van der Waals surface area contributed by atoms with Crippen molar-refractivity contribution in [2.75, 3.05) is 6.54 Å². The molecular weight excluding hydrogens is 276 g/mol. The Morgan fingerprint density at radius 1 is 1.23 bits per heavy atom. The van der Waals surface area contributed by atoms with Gasteiger partial charge in [0.05, 0.1) is 18.0 Å². The van der Waals surface area contributed by atoms with E-state index in [2.05, 4.69) is 39.2 Å². The molecule has 0 unspecified atom stereocenters. The largest absolute Gasteiger partial charge is 0.390 e. The average molecular weight is 296 g/mol. The first-order valence-electron chi connectivity index (χ1n) is 7.77. The number of rotatable bonds is 3. The molecule has 4 rings (SSSR count). The number of fused-ring (bicyclic) bond motifs is 2. The molecule has 5 nitrogen and oxygen atoms in total. The van der Waals surface area contributed by atoms with Crippen LogP contribution in [-0.4, -0.2) is 31.3 Å². The van der Waals surface area contributed by atoms with Crippen LogP contribution in [0.25, 0.3) is 10.9 Å². The van der Waals surface area contributed by atoms with Crippen LogP contribution in [0.15, 0.2) is 36.5 Å². The van der Waals surface area contributed by atoms with E-state index in [4.69, 9.17) is 0 Å². The highest BCUT2D eigenvalue weighted by Gasteiger charge is 2.17. The number of nitrogens with one attached hydrogen (secondary N) is 1. The number of H-pyrrole nitrogens is 1. The maximum Gasteiger partial charge on any atom is 0.0882 e. The molecule has 0 spiro atoms. The van der Waals surface area contributed by atoms with Crippen LogP contribution in [0, 0.1) is 0 Å². The first-order chi connectivity index (χ1) is 10.8. The third kappa shape index (κ3) is 2.42. The lowest BCUT2D eigenvalue weighted by Crippen LogP contribution is -2.22. The van der Waals surface area contributed by atoms with E-state index in [0.29, 0.717) is 0 Å². The molecule has 0 atom stereocenters. The van der Waals surface area contributed by atoms with Crippen molar-refractivity contribution in [3.05, 3.63) is 53.5 Å². The van der Waals surface area contributed by atoms with Crippen LogP contribution in [0.5, 0.6) is 0 Å². The molecular formula is C17H20N4O. The number of aliphatic hydroxyl groups excluding tert-OH is 1. The van der Waals surface area contributed by atoms with E-state index in [0.717, 1.165) is 38.3 Å². The summed E-state index contributed by atoms with van der Waals surface area (Å²) in [5, 5.41) is 15.0. The van der Waals surface area contributed by atoms with E-state index in [1.807, 2.05) is 16.9 Å². The van der Waals surface area contributed by atoms with Gasteiger partial charge >= 0.3 is 0 Å². The molecule has 3 heterocycles. The van der Waals surface area contributed by atoms with Crippen LogP contribution in [-0.2, 0) is 26.2 Å². The summed E-state index contributed by atoms with van der Waals surface area (Å²) >= 11 is 0. The summed E-state index contributed by atoms with van der Waals surface area (Å²) in [5.41, 5.74) is 4.52. The summed E-state index contributed by atoms with van der Waals surface area (Å²) in [6.45, 7) is 3.84. The predicted molar refractivity (Wildman–Crippen MR) is 85.2 cm³/mol. The molecule has 1 aromatic carbocycles. The summed E-state index contributed by atoms with van der Waals surface area (Å²) < 4.78 is 2.04. The number of aromatic amines is 1. The Morgan fingerprint density at radius 3 is 3.09 bits per heavy atom. The zero-order valence-corrected chi connectivity index (χ0v) is 12.5. The van der Waals surface area contributed by atoms with Gasteiger partial charge in [0.25, 0.3) is 0 Å². The zero-order chi connectivity index (χ0) is 14.9.